The number of hydrogen-bond acceptors (Lipinski definition) is 3. The molecule has 1 unspecified atom stereocenters. The summed E-state index contributed by atoms with van der Waals surface area (Å²) >= 11 is 1.79. The number of aliphatic hydroxyl groups is 1. The number of guanidine groups is 1. The molecule has 0 radical (unpaired) electrons. The van der Waals surface area contributed by atoms with Crippen LogP contribution >= 0.6 is 11.8 Å². The minimum atomic E-state index is -0.613. The Balaban J connectivity index is 1.84. The molecule has 0 aromatic heterocycles. The van der Waals surface area contributed by atoms with Gasteiger partial charge in [-0.15, -0.1) is 0 Å². The zero-order chi connectivity index (χ0) is 12.3. The predicted octanol–water partition coefficient (Wildman–Crippen LogP) is 0.901. The van der Waals surface area contributed by atoms with E-state index in [1.807, 2.05) is 0 Å². The van der Waals surface area contributed by atoms with E-state index in [0.717, 1.165) is 36.9 Å². The molecular weight excluding hydrogens is 234 g/mol. The molecule has 0 amide bonds. The summed E-state index contributed by atoms with van der Waals surface area (Å²) in [5.74, 6) is 3.24. The molecule has 17 heavy (non-hydrogen) atoms. The van der Waals surface area contributed by atoms with Gasteiger partial charge in [0.15, 0.2) is 5.96 Å². The van der Waals surface area contributed by atoms with Crippen LogP contribution in [0.4, 0.5) is 0 Å². The van der Waals surface area contributed by atoms with Crippen LogP contribution in [0.25, 0.3) is 0 Å². The first kappa shape index (κ1) is 13.0. The molecule has 2 aliphatic heterocycles. The number of hydrogen-bond donors (Lipinski definition) is 2. The third-order valence-corrected chi connectivity index (χ3v) is 4.96. The highest BCUT2D eigenvalue weighted by atomic mass is 32.2. The number of nitrogens with zero attached hydrogens (tertiary/aromatic N) is 2. The number of thioether (sulfide) groups is 1. The third-order valence-electron chi connectivity index (χ3n) is 3.73. The summed E-state index contributed by atoms with van der Waals surface area (Å²) in [5.41, 5.74) is 5.38. The molecule has 0 aromatic rings. The zero-order valence-electron chi connectivity index (χ0n) is 10.6. The first-order valence-corrected chi connectivity index (χ1v) is 7.59. The summed E-state index contributed by atoms with van der Waals surface area (Å²) < 4.78 is 0. The first-order valence-electron chi connectivity index (χ1n) is 6.44. The van der Waals surface area contributed by atoms with Gasteiger partial charge in [-0.3, -0.25) is 4.99 Å². The SMILES string of the molecule is CC1CCN(C(N)=NCC2(O)CCSC2)CC1. The maximum Gasteiger partial charge on any atom is 0.191 e. The summed E-state index contributed by atoms with van der Waals surface area (Å²) in [5, 5.41) is 10.2. The summed E-state index contributed by atoms with van der Waals surface area (Å²) in [6.07, 6.45) is 3.22. The van der Waals surface area contributed by atoms with Gasteiger partial charge in [0.1, 0.15) is 0 Å². The van der Waals surface area contributed by atoms with Crippen LogP contribution in [0.15, 0.2) is 4.99 Å². The summed E-state index contributed by atoms with van der Waals surface area (Å²) in [7, 11) is 0. The van der Waals surface area contributed by atoms with E-state index in [4.69, 9.17) is 5.73 Å². The van der Waals surface area contributed by atoms with Crippen molar-refractivity contribution in [2.24, 2.45) is 16.6 Å². The smallest absolute Gasteiger partial charge is 0.191 e. The molecule has 2 aliphatic rings. The van der Waals surface area contributed by atoms with E-state index in [9.17, 15) is 5.11 Å². The van der Waals surface area contributed by atoms with Crippen LogP contribution in [0.1, 0.15) is 26.2 Å². The number of rotatable bonds is 2. The van der Waals surface area contributed by atoms with Crippen LogP contribution in [0, 0.1) is 5.92 Å². The molecule has 3 N–H and O–H groups in total. The molecule has 1 atom stereocenters. The van der Waals surface area contributed by atoms with Crippen LogP contribution in [0.3, 0.4) is 0 Å². The molecular formula is C12H23N3OS. The highest BCUT2D eigenvalue weighted by molar-refractivity contribution is 7.99. The van der Waals surface area contributed by atoms with Crippen molar-refractivity contribution in [2.75, 3.05) is 31.1 Å². The largest absolute Gasteiger partial charge is 0.387 e. The Labute approximate surface area is 108 Å². The Morgan fingerprint density at radius 1 is 1.53 bits per heavy atom. The van der Waals surface area contributed by atoms with Gasteiger partial charge >= 0.3 is 0 Å². The first-order chi connectivity index (χ1) is 8.09. The summed E-state index contributed by atoms with van der Waals surface area (Å²) in [4.78, 5) is 6.53. The minimum Gasteiger partial charge on any atom is -0.387 e. The molecule has 2 rings (SSSR count). The summed E-state index contributed by atoms with van der Waals surface area (Å²) in [6.45, 7) is 4.74. The second-order valence-electron chi connectivity index (χ2n) is 5.37. The lowest BCUT2D eigenvalue weighted by atomic mass is 9.99. The monoisotopic (exact) mass is 257 g/mol. The van der Waals surface area contributed by atoms with Crippen LogP contribution in [0.5, 0.6) is 0 Å². The highest BCUT2D eigenvalue weighted by Crippen LogP contribution is 2.28. The molecule has 4 nitrogen and oxygen atoms in total. The molecule has 5 heteroatoms. The molecule has 0 saturated carbocycles. The number of nitrogens with two attached hydrogens (primary N) is 1. The van der Waals surface area contributed by atoms with Crippen LogP contribution in [-0.4, -0.2) is 52.7 Å². The number of likely N-dealkylation sites (tertiary alicyclic amines) is 1. The van der Waals surface area contributed by atoms with Crippen molar-refractivity contribution in [3.8, 4) is 0 Å². The lowest BCUT2D eigenvalue weighted by Crippen LogP contribution is -2.43. The molecule has 2 saturated heterocycles. The van der Waals surface area contributed by atoms with Crippen molar-refractivity contribution in [1.82, 2.24) is 4.90 Å². The highest BCUT2D eigenvalue weighted by Gasteiger charge is 2.31. The Morgan fingerprint density at radius 3 is 2.82 bits per heavy atom. The van der Waals surface area contributed by atoms with Crippen LogP contribution in [0.2, 0.25) is 0 Å². The van der Waals surface area contributed by atoms with Gasteiger partial charge in [-0.2, -0.15) is 11.8 Å². The van der Waals surface area contributed by atoms with Gasteiger partial charge in [-0.25, -0.2) is 0 Å². The van der Waals surface area contributed by atoms with Gasteiger partial charge in [0.25, 0.3) is 0 Å². The van der Waals surface area contributed by atoms with Crippen molar-refractivity contribution in [2.45, 2.75) is 31.8 Å². The molecule has 0 aromatic carbocycles. The van der Waals surface area contributed by atoms with E-state index in [1.165, 1.54) is 12.8 Å². The summed E-state index contributed by atoms with van der Waals surface area (Å²) in [6, 6.07) is 0. The van der Waals surface area contributed by atoms with Crippen LogP contribution < -0.4 is 5.73 Å². The van der Waals surface area contributed by atoms with E-state index >= 15 is 0 Å². The van der Waals surface area contributed by atoms with Gasteiger partial charge in [-0.1, -0.05) is 6.92 Å². The van der Waals surface area contributed by atoms with E-state index in [2.05, 4.69) is 16.8 Å². The van der Waals surface area contributed by atoms with E-state index < -0.39 is 5.60 Å². The molecule has 2 fully saturated rings. The topological polar surface area (TPSA) is 61.8 Å². The Morgan fingerprint density at radius 2 is 2.24 bits per heavy atom. The average Bonchev–Trinajstić information content (AvgIpc) is 2.75. The lowest BCUT2D eigenvalue weighted by molar-refractivity contribution is 0.0775. The second kappa shape index (κ2) is 5.48. The van der Waals surface area contributed by atoms with E-state index in [-0.39, 0.29) is 0 Å². The van der Waals surface area contributed by atoms with E-state index in [1.54, 1.807) is 11.8 Å². The predicted molar refractivity (Wildman–Crippen MR) is 73.4 cm³/mol. The van der Waals surface area contributed by atoms with Crippen molar-refractivity contribution in [3.05, 3.63) is 0 Å². The molecule has 0 bridgehead atoms. The van der Waals surface area contributed by atoms with Gasteiger partial charge in [-0.05, 0) is 30.9 Å². The van der Waals surface area contributed by atoms with Gasteiger partial charge in [0.05, 0.1) is 12.1 Å². The quantitative estimate of drug-likeness (QED) is 0.570. The van der Waals surface area contributed by atoms with E-state index in [0.29, 0.717) is 12.5 Å². The third kappa shape index (κ3) is 3.52. The average molecular weight is 257 g/mol. The molecule has 2 heterocycles. The fourth-order valence-corrected chi connectivity index (χ4v) is 3.57. The fraction of sp³-hybridized carbons (Fsp3) is 0.917. The van der Waals surface area contributed by atoms with Crippen molar-refractivity contribution < 1.29 is 5.11 Å². The fourth-order valence-electron chi connectivity index (χ4n) is 2.29. The van der Waals surface area contributed by atoms with Gasteiger partial charge < -0.3 is 15.7 Å². The van der Waals surface area contributed by atoms with Crippen molar-refractivity contribution in [3.63, 3.8) is 0 Å². The Kier molecular flexibility index (Phi) is 4.20. The Bertz CT molecular complexity index is 281. The molecule has 0 aliphatic carbocycles. The Hall–Kier alpha value is -0.420. The lowest BCUT2D eigenvalue weighted by Gasteiger charge is -2.31. The van der Waals surface area contributed by atoms with Gasteiger partial charge in [0.2, 0.25) is 0 Å². The maximum atomic E-state index is 10.2. The molecule has 0 spiro atoms. The minimum absolute atomic E-state index is 0.456. The maximum absolute atomic E-state index is 10.2. The number of aliphatic imine (C=N–C) groups is 1. The van der Waals surface area contributed by atoms with Gasteiger partial charge in [0, 0.05) is 18.8 Å². The normalized spacial score (nSPS) is 32.1. The second-order valence-corrected chi connectivity index (χ2v) is 6.48. The molecule has 98 valence electrons. The van der Waals surface area contributed by atoms with Crippen molar-refractivity contribution in [1.29, 1.82) is 0 Å². The van der Waals surface area contributed by atoms with Crippen LogP contribution in [-0.2, 0) is 0 Å². The zero-order valence-corrected chi connectivity index (χ0v) is 11.4. The van der Waals surface area contributed by atoms with Crippen molar-refractivity contribution >= 4 is 17.7 Å². The number of piperidine rings is 1. The standard InChI is InChI=1S/C12H23N3OS/c1-10-2-5-15(6-3-10)11(13)14-8-12(16)4-7-17-9-12/h10,16H,2-9H2,1H3,(H2,13,14).